The molecule has 3 heterocycles. The largest absolute Gasteiger partial charge is 0.386 e. The number of aliphatic hydroxyl groups is 1. The van der Waals surface area contributed by atoms with E-state index in [0.717, 1.165) is 5.56 Å². The minimum Gasteiger partial charge on any atom is -0.386 e. The summed E-state index contributed by atoms with van der Waals surface area (Å²) in [6.07, 6.45) is 0.651. The third-order valence-electron chi connectivity index (χ3n) is 5.39. The Morgan fingerprint density at radius 3 is 2.74 bits per heavy atom. The lowest BCUT2D eigenvalue weighted by Crippen LogP contribution is -2.45. The van der Waals surface area contributed by atoms with E-state index in [1.165, 1.54) is 6.33 Å². The third kappa shape index (κ3) is 4.58. The van der Waals surface area contributed by atoms with Crippen LogP contribution in [0.15, 0.2) is 36.8 Å². The Bertz CT molecular complexity index is 1090. The van der Waals surface area contributed by atoms with Gasteiger partial charge in [-0.2, -0.15) is 0 Å². The van der Waals surface area contributed by atoms with Crippen LogP contribution in [0.25, 0.3) is 11.0 Å². The van der Waals surface area contributed by atoms with E-state index in [4.69, 9.17) is 37.4 Å². The fraction of sp³-hybridized carbons (Fsp3) is 0.455. The van der Waals surface area contributed by atoms with Crippen molar-refractivity contribution in [3.05, 3.63) is 58.1 Å². The van der Waals surface area contributed by atoms with E-state index in [1.807, 2.05) is 50.6 Å². The van der Waals surface area contributed by atoms with Crippen LogP contribution in [0.2, 0.25) is 10.2 Å². The molecule has 1 aliphatic rings. The number of fused-ring (bicyclic) bond motifs is 1. The molecule has 0 spiro atoms. The predicted octanol–water partition coefficient (Wildman–Crippen LogP) is 4.84. The standard InChI is InChI=1S/C22H25Cl2N3O4/c1-12-9-14(5-6-16(12)23)18(28)17-10-29-22(3,4)31-13(2)21(30-17)27-8-7-15-19(24)25-11-26-20(15)27/h5-9,11,13,17-18,21,28H,10H2,1-4H3/t13?,17-,18+,21+/m0/s1. The van der Waals surface area contributed by atoms with E-state index in [9.17, 15) is 5.11 Å². The second kappa shape index (κ2) is 8.65. The van der Waals surface area contributed by atoms with Gasteiger partial charge < -0.3 is 23.9 Å². The second-order valence-corrected chi connectivity index (χ2v) is 8.94. The molecule has 9 heteroatoms. The lowest BCUT2D eigenvalue weighted by molar-refractivity contribution is -0.309. The first kappa shape index (κ1) is 22.5. The molecule has 4 atom stereocenters. The van der Waals surface area contributed by atoms with Crippen molar-refractivity contribution < 1.29 is 19.3 Å². The number of hydrogen-bond acceptors (Lipinski definition) is 6. The molecule has 1 unspecified atom stereocenters. The van der Waals surface area contributed by atoms with Crippen LogP contribution < -0.4 is 0 Å². The van der Waals surface area contributed by atoms with E-state index in [2.05, 4.69) is 9.97 Å². The van der Waals surface area contributed by atoms with Gasteiger partial charge in [-0.05, 0) is 51.0 Å². The normalized spacial score (nSPS) is 25.2. The molecule has 4 rings (SSSR count). The number of aliphatic hydroxyl groups excluding tert-OH is 1. The lowest BCUT2D eigenvalue weighted by atomic mass is 10.0. The van der Waals surface area contributed by atoms with E-state index in [-0.39, 0.29) is 6.61 Å². The smallest absolute Gasteiger partial charge is 0.163 e. The van der Waals surface area contributed by atoms with Crippen LogP contribution in [0, 0.1) is 6.92 Å². The van der Waals surface area contributed by atoms with Gasteiger partial charge in [-0.1, -0.05) is 35.3 Å². The molecular weight excluding hydrogens is 441 g/mol. The van der Waals surface area contributed by atoms with Gasteiger partial charge in [0.25, 0.3) is 0 Å². The molecule has 1 saturated heterocycles. The lowest BCUT2D eigenvalue weighted by Gasteiger charge is -2.40. The van der Waals surface area contributed by atoms with Gasteiger partial charge in [0, 0.05) is 11.2 Å². The highest BCUT2D eigenvalue weighted by Gasteiger charge is 2.38. The average Bonchev–Trinajstić information content (AvgIpc) is 3.13. The molecule has 7 nitrogen and oxygen atoms in total. The molecule has 0 amide bonds. The molecule has 1 aromatic carbocycles. The highest BCUT2D eigenvalue weighted by atomic mass is 35.5. The zero-order chi connectivity index (χ0) is 22.3. The Morgan fingerprint density at radius 2 is 2.00 bits per heavy atom. The summed E-state index contributed by atoms with van der Waals surface area (Å²) >= 11 is 12.4. The highest BCUT2D eigenvalue weighted by Crippen LogP contribution is 2.35. The molecule has 1 fully saturated rings. The van der Waals surface area contributed by atoms with Gasteiger partial charge in [0.2, 0.25) is 0 Å². The molecule has 166 valence electrons. The van der Waals surface area contributed by atoms with E-state index < -0.39 is 30.3 Å². The maximum atomic E-state index is 11.2. The molecule has 0 saturated carbocycles. The maximum Gasteiger partial charge on any atom is 0.163 e. The molecule has 0 aliphatic carbocycles. The third-order valence-corrected chi connectivity index (χ3v) is 6.12. The number of hydrogen-bond donors (Lipinski definition) is 1. The molecule has 31 heavy (non-hydrogen) atoms. The highest BCUT2D eigenvalue weighted by molar-refractivity contribution is 6.33. The summed E-state index contributed by atoms with van der Waals surface area (Å²) in [6.45, 7) is 7.61. The van der Waals surface area contributed by atoms with Crippen LogP contribution in [-0.4, -0.2) is 44.2 Å². The number of ether oxygens (including phenoxy) is 3. The van der Waals surface area contributed by atoms with Crippen LogP contribution in [-0.2, 0) is 14.2 Å². The van der Waals surface area contributed by atoms with Crippen molar-refractivity contribution in [3.8, 4) is 0 Å². The fourth-order valence-corrected chi connectivity index (χ4v) is 4.13. The van der Waals surface area contributed by atoms with Gasteiger partial charge in [-0.25, -0.2) is 9.97 Å². The quantitative estimate of drug-likeness (QED) is 0.557. The zero-order valence-electron chi connectivity index (χ0n) is 17.8. The van der Waals surface area contributed by atoms with Crippen LogP contribution in [0.5, 0.6) is 0 Å². The fourth-order valence-electron chi connectivity index (χ4n) is 3.82. The van der Waals surface area contributed by atoms with E-state index in [1.54, 1.807) is 12.1 Å². The molecule has 2 aromatic heterocycles. The Balaban J connectivity index is 1.72. The van der Waals surface area contributed by atoms with Gasteiger partial charge in [0.1, 0.15) is 35.4 Å². The first-order chi connectivity index (χ1) is 14.7. The Morgan fingerprint density at radius 1 is 1.23 bits per heavy atom. The maximum absolute atomic E-state index is 11.2. The summed E-state index contributed by atoms with van der Waals surface area (Å²) in [5, 5.41) is 12.9. The Kier molecular flexibility index (Phi) is 6.27. The molecule has 0 radical (unpaired) electrons. The van der Waals surface area contributed by atoms with Crippen molar-refractivity contribution in [2.24, 2.45) is 0 Å². The molecule has 0 bridgehead atoms. The van der Waals surface area contributed by atoms with E-state index in [0.29, 0.717) is 26.8 Å². The van der Waals surface area contributed by atoms with Gasteiger partial charge in [0.05, 0.1) is 12.0 Å². The van der Waals surface area contributed by atoms with Crippen molar-refractivity contribution in [1.82, 2.24) is 14.5 Å². The van der Waals surface area contributed by atoms with Crippen molar-refractivity contribution in [2.75, 3.05) is 6.61 Å². The predicted molar refractivity (Wildman–Crippen MR) is 118 cm³/mol. The summed E-state index contributed by atoms with van der Waals surface area (Å²) in [5.74, 6) is -0.870. The van der Waals surface area contributed by atoms with Crippen LogP contribution in [0.3, 0.4) is 0 Å². The molecule has 3 aromatic rings. The van der Waals surface area contributed by atoms with Crippen molar-refractivity contribution in [2.45, 2.75) is 58.0 Å². The van der Waals surface area contributed by atoms with Gasteiger partial charge >= 0.3 is 0 Å². The first-order valence-corrected chi connectivity index (χ1v) is 10.8. The zero-order valence-corrected chi connectivity index (χ0v) is 19.3. The summed E-state index contributed by atoms with van der Waals surface area (Å²) < 4.78 is 20.3. The van der Waals surface area contributed by atoms with Crippen molar-refractivity contribution in [1.29, 1.82) is 0 Å². The van der Waals surface area contributed by atoms with E-state index >= 15 is 0 Å². The first-order valence-electron chi connectivity index (χ1n) is 10.0. The average molecular weight is 466 g/mol. The van der Waals surface area contributed by atoms with Crippen LogP contribution in [0.4, 0.5) is 0 Å². The molecule has 1 aliphatic heterocycles. The minimum atomic E-state index is -0.931. The number of halogens is 2. The van der Waals surface area contributed by atoms with Gasteiger partial charge in [0.15, 0.2) is 12.0 Å². The minimum absolute atomic E-state index is 0.133. The number of benzene rings is 1. The summed E-state index contributed by atoms with van der Waals surface area (Å²) in [6, 6.07) is 7.25. The topological polar surface area (TPSA) is 78.6 Å². The van der Waals surface area contributed by atoms with Crippen molar-refractivity contribution in [3.63, 3.8) is 0 Å². The number of rotatable bonds is 3. The number of nitrogens with zero attached hydrogens (tertiary/aromatic N) is 3. The van der Waals surface area contributed by atoms with Crippen LogP contribution >= 0.6 is 23.2 Å². The SMILES string of the molecule is Cc1cc([C@@H](O)[C@@H]2COC(C)(C)OC(C)[C@H](n3ccc4c(Cl)ncnc43)O2)ccc1Cl. The van der Waals surface area contributed by atoms with Gasteiger partial charge in [-0.3, -0.25) is 0 Å². The summed E-state index contributed by atoms with van der Waals surface area (Å²) in [7, 11) is 0. The van der Waals surface area contributed by atoms with Crippen molar-refractivity contribution >= 4 is 34.2 Å². The monoisotopic (exact) mass is 465 g/mol. The molecule has 1 N–H and O–H groups in total. The number of aromatic nitrogens is 3. The molecular formula is C22H25Cl2N3O4. The number of aryl methyl sites for hydroxylation is 1. The summed E-state index contributed by atoms with van der Waals surface area (Å²) in [4.78, 5) is 8.41. The summed E-state index contributed by atoms with van der Waals surface area (Å²) in [5.41, 5.74) is 2.19. The Hall–Kier alpha value is -1.74. The Labute approximate surface area is 190 Å². The van der Waals surface area contributed by atoms with Crippen LogP contribution in [0.1, 0.15) is 44.2 Å². The second-order valence-electron chi connectivity index (χ2n) is 8.18. The van der Waals surface area contributed by atoms with Gasteiger partial charge in [-0.15, -0.1) is 0 Å².